The number of benzene rings is 1. The average molecular weight is 442 g/mol. The lowest BCUT2D eigenvalue weighted by Crippen LogP contribution is -2.21. The van der Waals surface area contributed by atoms with Crippen molar-refractivity contribution in [2.75, 3.05) is 5.32 Å². The van der Waals surface area contributed by atoms with E-state index in [4.69, 9.17) is 23.2 Å². The maximum Gasteiger partial charge on any atom is 0.282 e. The van der Waals surface area contributed by atoms with E-state index in [1.807, 2.05) is 6.92 Å². The van der Waals surface area contributed by atoms with Gasteiger partial charge in [0, 0.05) is 21.3 Å². The number of hydrogen-bond donors (Lipinski definition) is 1. The fourth-order valence-corrected chi connectivity index (χ4v) is 3.50. The van der Waals surface area contributed by atoms with E-state index in [0.29, 0.717) is 33.7 Å². The zero-order valence-corrected chi connectivity index (χ0v) is 17.5. The van der Waals surface area contributed by atoms with Gasteiger partial charge in [0.2, 0.25) is 5.91 Å². The van der Waals surface area contributed by atoms with Gasteiger partial charge in [-0.05, 0) is 39.0 Å². The Bertz CT molecular complexity index is 1040. The molecule has 0 bridgehead atoms. The quantitative estimate of drug-likeness (QED) is 0.589. The van der Waals surface area contributed by atoms with Crippen LogP contribution >= 0.6 is 23.2 Å². The van der Waals surface area contributed by atoms with Gasteiger partial charge in [0.25, 0.3) is 6.43 Å². The lowest BCUT2D eigenvalue weighted by atomic mass is 10.2. The van der Waals surface area contributed by atoms with Gasteiger partial charge in [-0.3, -0.25) is 14.2 Å². The summed E-state index contributed by atoms with van der Waals surface area (Å²) >= 11 is 12.5. The van der Waals surface area contributed by atoms with Crippen LogP contribution in [0.1, 0.15) is 34.8 Å². The number of carbonyl (C=O) groups is 1. The Kier molecular flexibility index (Phi) is 6.24. The van der Waals surface area contributed by atoms with E-state index < -0.39 is 12.3 Å². The highest BCUT2D eigenvalue weighted by Crippen LogP contribution is 2.27. The van der Waals surface area contributed by atoms with Gasteiger partial charge in [0.1, 0.15) is 12.2 Å². The number of hydrogen-bond acceptors (Lipinski definition) is 3. The summed E-state index contributed by atoms with van der Waals surface area (Å²) in [7, 11) is 0. The fourth-order valence-electron chi connectivity index (χ4n) is 2.98. The van der Waals surface area contributed by atoms with E-state index in [1.54, 1.807) is 36.7 Å². The molecule has 1 aromatic carbocycles. The SMILES string of the molecule is Cc1nn(Cc2c(Cl)cccc2Cl)c(C)c1NC(=O)Cn1nc(C(F)F)cc1C. The Morgan fingerprint density at radius 1 is 1.14 bits per heavy atom. The summed E-state index contributed by atoms with van der Waals surface area (Å²) in [6.07, 6.45) is -2.68. The highest BCUT2D eigenvalue weighted by Gasteiger charge is 2.18. The van der Waals surface area contributed by atoms with Crippen LogP contribution in [0.5, 0.6) is 0 Å². The van der Waals surface area contributed by atoms with E-state index >= 15 is 0 Å². The minimum atomic E-state index is -2.68. The maximum atomic E-state index is 12.8. The first-order valence-electron chi connectivity index (χ1n) is 8.76. The van der Waals surface area contributed by atoms with Gasteiger partial charge in [0.15, 0.2) is 0 Å². The van der Waals surface area contributed by atoms with Crippen molar-refractivity contribution in [3.63, 3.8) is 0 Å². The summed E-state index contributed by atoms with van der Waals surface area (Å²) < 4.78 is 28.5. The monoisotopic (exact) mass is 441 g/mol. The van der Waals surface area contributed by atoms with Gasteiger partial charge in [0.05, 0.1) is 23.6 Å². The first-order chi connectivity index (χ1) is 13.7. The van der Waals surface area contributed by atoms with Crippen LogP contribution in [-0.4, -0.2) is 25.5 Å². The fraction of sp³-hybridized carbons (Fsp3) is 0.316. The van der Waals surface area contributed by atoms with Crippen molar-refractivity contribution in [3.8, 4) is 0 Å². The lowest BCUT2D eigenvalue weighted by molar-refractivity contribution is -0.117. The standard InChI is InChI=1S/C19H19Cl2F2N5O/c1-10-7-16(19(22)23)26-27(10)9-17(29)24-18-11(2)25-28(12(18)3)8-13-14(20)5-4-6-15(13)21/h4-7,19H,8-9H2,1-3H3,(H,24,29). The molecule has 0 atom stereocenters. The highest BCUT2D eigenvalue weighted by atomic mass is 35.5. The molecule has 0 radical (unpaired) electrons. The molecule has 0 fully saturated rings. The second-order valence-corrected chi connectivity index (χ2v) is 7.44. The van der Waals surface area contributed by atoms with E-state index in [1.165, 1.54) is 10.7 Å². The summed E-state index contributed by atoms with van der Waals surface area (Å²) in [5.41, 5.74) is 2.74. The third-order valence-electron chi connectivity index (χ3n) is 4.53. The summed E-state index contributed by atoms with van der Waals surface area (Å²) in [5, 5.41) is 12.1. The van der Waals surface area contributed by atoms with Crippen molar-refractivity contribution in [1.82, 2.24) is 19.6 Å². The van der Waals surface area contributed by atoms with E-state index in [-0.39, 0.29) is 12.2 Å². The van der Waals surface area contributed by atoms with Crippen molar-refractivity contribution in [2.45, 2.75) is 40.3 Å². The van der Waals surface area contributed by atoms with Crippen molar-refractivity contribution in [3.05, 3.63) is 62.6 Å². The molecule has 154 valence electrons. The Balaban J connectivity index is 1.77. The number of nitrogens with one attached hydrogen (secondary N) is 1. The second-order valence-electron chi connectivity index (χ2n) is 6.62. The molecule has 3 rings (SSSR count). The Labute approximate surface area is 176 Å². The average Bonchev–Trinajstić information content (AvgIpc) is 3.13. The van der Waals surface area contributed by atoms with Gasteiger partial charge in [-0.1, -0.05) is 29.3 Å². The molecule has 10 heteroatoms. The number of aryl methyl sites for hydroxylation is 2. The van der Waals surface area contributed by atoms with Crippen LogP contribution in [0.2, 0.25) is 10.0 Å². The number of aromatic nitrogens is 4. The van der Waals surface area contributed by atoms with Crippen molar-refractivity contribution >= 4 is 34.8 Å². The van der Waals surface area contributed by atoms with Crippen molar-refractivity contribution in [2.24, 2.45) is 0 Å². The molecule has 3 aromatic rings. The molecular formula is C19H19Cl2F2N5O. The predicted molar refractivity (Wildman–Crippen MR) is 108 cm³/mol. The minimum absolute atomic E-state index is 0.182. The molecule has 0 spiro atoms. The van der Waals surface area contributed by atoms with Crippen molar-refractivity contribution in [1.29, 1.82) is 0 Å². The van der Waals surface area contributed by atoms with E-state index in [2.05, 4.69) is 15.5 Å². The number of alkyl halides is 2. The van der Waals surface area contributed by atoms with E-state index in [9.17, 15) is 13.6 Å². The molecule has 29 heavy (non-hydrogen) atoms. The smallest absolute Gasteiger partial charge is 0.282 e. The van der Waals surface area contributed by atoms with Crippen LogP contribution in [0, 0.1) is 20.8 Å². The Morgan fingerprint density at radius 3 is 2.38 bits per heavy atom. The molecule has 1 amide bonds. The molecule has 0 unspecified atom stereocenters. The van der Waals surface area contributed by atoms with E-state index in [0.717, 1.165) is 11.3 Å². The van der Waals surface area contributed by atoms with Crippen molar-refractivity contribution < 1.29 is 13.6 Å². The topological polar surface area (TPSA) is 64.7 Å². The second kappa shape index (κ2) is 8.51. The van der Waals surface area contributed by atoms with Gasteiger partial charge < -0.3 is 5.32 Å². The molecule has 2 heterocycles. The molecule has 0 saturated heterocycles. The van der Waals surface area contributed by atoms with Crippen LogP contribution in [0.15, 0.2) is 24.3 Å². The van der Waals surface area contributed by atoms with Gasteiger partial charge >= 0.3 is 0 Å². The van der Waals surface area contributed by atoms with Gasteiger partial charge in [-0.15, -0.1) is 0 Å². The number of amides is 1. The van der Waals surface area contributed by atoms with Crippen LogP contribution in [0.4, 0.5) is 14.5 Å². The van der Waals surface area contributed by atoms with Crippen LogP contribution in [0.3, 0.4) is 0 Å². The molecule has 1 N–H and O–H groups in total. The van der Waals surface area contributed by atoms with Gasteiger partial charge in [-0.25, -0.2) is 8.78 Å². The summed E-state index contributed by atoms with van der Waals surface area (Å²) in [6, 6.07) is 6.52. The number of rotatable bonds is 6. The molecular weight excluding hydrogens is 423 g/mol. The zero-order chi connectivity index (χ0) is 21.3. The van der Waals surface area contributed by atoms with Crippen LogP contribution in [0.25, 0.3) is 0 Å². The normalized spacial score (nSPS) is 11.3. The predicted octanol–water partition coefficient (Wildman–Crippen LogP) is 4.94. The molecule has 0 saturated carbocycles. The highest BCUT2D eigenvalue weighted by molar-refractivity contribution is 6.35. The third-order valence-corrected chi connectivity index (χ3v) is 5.24. The molecule has 6 nitrogen and oxygen atoms in total. The third kappa shape index (κ3) is 4.59. The lowest BCUT2D eigenvalue weighted by Gasteiger charge is -2.10. The minimum Gasteiger partial charge on any atom is -0.321 e. The largest absolute Gasteiger partial charge is 0.321 e. The number of nitrogens with zero attached hydrogens (tertiary/aromatic N) is 4. The molecule has 2 aromatic heterocycles. The molecule has 0 aliphatic rings. The maximum absolute atomic E-state index is 12.8. The molecule has 0 aliphatic carbocycles. The van der Waals surface area contributed by atoms with Gasteiger partial charge in [-0.2, -0.15) is 10.2 Å². The first-order valence-corrected chi connectivity index (χ1v) is 9.52. The summed E-state index contributed by atoms with van der Waals surface area (Å²) in [6.45, 7) is 5.36. The summed E-state index contributed by atoms with van der Waals surface area (Å²) in [5.74, 6) is -0.390. The summed E-state index contributed by atoms with van der Waals surface area (Å²) in [4.78, 5) is 12.5. The Hall–Kier alpha value is -2.45. The van der Waals surface area contributed by atoms with Crippen LogP contribution < -0.4 is 5.32 Å². The van der Waals surface area contributed by atoms with Crippen LogP contribution in [-0.2, 0) is 17.9 Å². The number of carbonyl (C=O) groups excluding carboxylic acids is 1. The number of anilines is 1. The Morgan fingerprint density at radius 2 is 1.79 bits per heavy atom. The molecule has 0 aliphatic heterocycles. The first kappa shape index (κ1) is 21.3. The number of halogens is 4. The zero-order valence-electron chi connectivity index (χ0n) is 16.0.